The lowest BCUT2D eigenvalue weighted by Crippen LogP contribution is -2.15. The SMILES string of the molecule is Fc1cccc(Sc2cc(F)cc(CNC3CC3)c2)c1. The Bertz CT molecular complexity index is 611. The number of halogens is 2. The van der Waals surface area contributed by atoms with Crippen LogP contribution in [-0.2, 0) is 6.54 Å². The van der Waals surface area contributed by atoms with E-state index in [0.29, 0.717) is 12.6 Å². The van der Waals surface area contributed by atoms with Crippen LogP contribution in [0.4, 0.5) is 8.78 Å². The second-order valence-electron chi connectivity index (χ2n) is 5.01. The van der Waals surface area contributed by atoms with Crippen LogP contribution in [0.2, 0.25) is 0 Å². The lowest BCUT2D eigenvalue weighted by atomic mass is 10.2. The normalized spacial score (nSPS) is 14.5. The summed E-state index contributed by atoms with van der Waals surface area (Å²) in [5, 5.41) is 3.36. The summed E-state index contributed by atoms with van der Waals surface area (Å²) in [5.41, 5.74) is 0.927. The lowest BCUT2D eigenvalue weighted by molar-refractivity contribution is 0.615. The van der Waals surface area contributed by atoms with Crippen LogP contribution < -0.4 is 5.32 Å². The van der Waals surface area contributed by atoms with E-state index in [2.05, 4.69) is 5.32 Å². The Labute approximate surface area is 121 Å². The van der Waals surface area contributed by atoms with Crippen molar-refractivity contribution in [2.75, 3.05) is 0 Å². The number of nitrogens with one attached hydrogen (secondary N) is 1. The molecule has 3 rings (SSSR count). The number of hydrogen-bond acceptors (Lipinski definition) is 2. The second-order valence-corrected chi connectivity index (χ2v) is 6.16. The minimum atomic E-state index is -0.276. The van der Waals surface area contributed by atoms with Gasteiger partial charge in [0.1, 0.15) is 11.6 Å². The molecule has 0 spiro atoms. The fourth-order valence-corrected chi connectivity index (χ4v) is 2.97. The molecule has 0 bridgehead atoms. The van der Waals surface area contributed by atoms with Gasteiger partial charge in [-0.3, -0.25) is 0 Å². The molecule has 1 nitrogen and oxygen atoms in total. The molecule has 4 heteroatoms. The van der Waals surface area contributed by atoms with Crippen molar-refractivity contribution in [3.63, 3.8) is 0 Å². The molecule has 20 heavy (non-hydrogen) atoms. The van der Waals surface area contributed by atoms with E-state index in [1.54, 1.807) is 12.1 Å². The monoisotopic (exact) mass is 291 g/mol. The smallest absolute Gasteiger partial charge is 0.124 e. The molecule has 0 saturated heterocycles. The van der Waals surface area contributed by atoms with Gasteiger partial charge >= 0.3 is 0 Å². The Morgan fingerprint density at radius 1 is 1.00 bits per heavy atom. The zero-order valence-electron chi connectivity index (χ0n) is 10.9. The molecule has 1 aliphatic rings. The van der Waals surface area contributed by atoms with Crippen LogP contribution in [0.5, 0.6) is 0 Å². The van der Waals surface area contributed by atoms with Crippen molar-refractivity contribution in [2.45, 2.75) is 35.2 Å². The van der Waals surface area contributed by atoms with Gasteiger partial charge in [0.2, 0.25) is 0 Å². The quantitative estimate of drug-likeness (QED) is 0.878. The van der Waals surface area contributed by atoms with E-state index in [1.165, 1.54) is 42.8 Å². The summed E-state index contributed by atoms with van der Waals surface area (Å²) >= 11 is 1.37. The first-order chi connectivity index (χ1) is 9.69. The standard InChI is InChI=1S/C16H15F2NS/c17-12-2-1-3-15(8-12)20-16-7-11(6-13(18)9-16)10-19-14-4-5-14/h1-3,6-9,14,19H,4-5,10H2. The van der Waals surface area contributed by atoms with Crippen LogP contribution in [0.25, 0.3) is 0 Å². The van der Waals surface area contributed by atoms with E-state index >= 15 is 0 Å². The molecule has 2 aromatic carbocycles. The maximum Gasteiger partial charge on any atom is 0.124 e. The Hall–Kier alpha value is -1.39. The molecule has 1 saturated carbocycles. The van der Waals surface area contributed by atoms with Crippen molar-refractivity contribution in [2.24, 2.45) is 0 Å². The van der Waals surface area contributed by atoms with Crippen molar-refractivity contribution in [1.29, 1.82) is 0 Å². The Balaban J connectivity index is 1.74. The number of benzene rings is 2. The summed E-state index contributed by atoms with van der Waals surface area (Å²) in [7, 11) is 0. The summed E-state index contributed by atoms with van der Waals surface area (Å²) in [6.07, 6.45) is 2.42. The third kappa shape index (κ3) is 3.81. The second kappa shape index (κ2) is 5.94. The minimum Gasteiger partial charge on any atom is -0.310 e. The molecule has 1 N–H and O–H groups in total. The van der Waals surface area contributed by atoms with E-state index in [-0.39, 0.29) is 11.6 Å². The predicted octanol–water partition coefficient (Wildman–Crippen LogP) is 4.37. The van der Waals surface area contributed by atoms with Crippen LogP contribution in [0.3, 0.4) is 0 Å². The van der Waals surface area contributed by atoms with Crippen molar-refractivity contribution in [1.82, 2.24) is 5.32 Å². The van der Waals surface area contributed by atoms with Gasteiger partial charge < -0.3 is 5.32 Å². The number of rotatable bonds is 5. The summed E-state index contributed by atoms with van der Waals surface area (Å²) in [6, 6.07) is 11.9. The first-order valence-electron chi connectivity index (χ1n) is 6.65. The van der Waals surface area contributed by atoms with Gasteiger partial charge in [-0.05, 0) is 54.8 Å². The van der Waals surface area contributed by atoms with Crippen molar-refractivity contribution >= 4 is 11.8 Å². The maximum absolute atomic E-state index is 13.6. The van der Waals surface area contributed by atoms with Gasteiger partial charge in [-0.25, -0.2) is 8.78 Å². The topological polar surface area (TPSA) is 12.0 Å². The Morgan fingerprint density at radius 3 is 2.55 bits per heavy atom. The minimum absolute atomic E-state index is 0.251. The van der Waals surface area contributed by atoms with Crippen molar-refractivity contribution in [3.8, 4) is 0 Å². The summed E-state index contributed by atoms with van der Waals surface area (Å²) in [6.45, 7) is 0.680. The average molecular weight is 291 g/mol. The number of hydrogen-bond donors (Lipinski definition) is 1. The van der Waals surface area contributed by atoms with Crippen LogP contribution in [-0.4, -0.2) is 6.04 Å². The molecule has 104 valence electrons. The van der Waals surface area contributed by atoms with E-state index in [1.807, 2.05) is 12.1 Å². The maximum atomic E-state index is 13.6. The van der Waals surface area contributed by atoms with Crippen LogP contribution in [0, 0.1) is 11.6 Å². The van der Waals surface area contributed by atoms with Crippen LogP contribution in [0.1, 0.15) is 18.4 Å². The van der Waals surface area contributed by atoms with Crippen LogP contribution >= 0.6 is 11.8 Å². The molecule has 2 aromatic rings. The van der Waals surface area contributed by atoms with E-state index in [0.717, 1.165) is 15.4 Å². The highest BCUT2D eigenvalue weighted by Crippen LogP contribution is 2.29. The molecule has 0 heterocycles. The van der Waals surface area contributed by atoms with Crippen LogP contribution in [0.15, 0.2) is 52.3 Å². The fourth-order valence-electron chi connectivity index (χ4n) is 2.00. The van der Waals surface area contributed by atoms with Gasteiger partial charge in [0.25, 0.3) is 0 Å². The lowest BCUT2D eigenvalue weighted by Gasteiger charge is -2.07. The highest BCUT2D eigenvalue weighted by Gasteiger charge is 2.20. The molecule has 0 atom stereocenters. The Kier molecular flexibility index (Phi) is 4.03. The zero-order valence-corrected chi connectivity index (χ0v) is 11.7. The van der Waals surface area contributed by atoms with Crippen molar-refractivity contribution in [3.05, 3.63) is 59.7 Å². The van der Waals surface area contributed by atoms with Gasteiger partial charge in [-0.1, -0.05) is 17.8 Å². The van der Waals surface area contributed by atoms with Gasteiger partial charge in [0.15, 0.2) is 0 Å². The molecule has 0 unspecified atom stereocenters. The molecular weight excluding hydrogens is 276 g/mol. The highest BCUT2D eigenvalue weighted by atomic mass is 32.2. The molecule has 0 amide bonds. The summed E-state index contributed by atoms with van der Waals surface area (Å²) < 4.78 is 26.8. The average Bonchev–Trinajstić information content (AvgIpc) is 3.20. The third-order valence-electron chi connectivity index (χ3n) is 3.14. The Morgan fingerprint density at radius 2 is 1.80 bits per heavy atom. The predicted molar refractivity (Wildman–Crippen MR) is 76.8 cm³/mol. The van der Waals surface area contributed by atoms with E-state index in [9.17, 15) is 8.78 Å². The molecular formula is C16H15F2NS. The van der Waals surface area contributed by atoms with Crippen molar-refractivity contribution < 1.29 is 8.78 Å². The molecule has 0 radical (unpaired) electrons. The largest absolute Gasteiger partial charge is 0.310 e. The third-order valence-corrected chi connectivity index (χ3v) is 4.10. The van der Waals surface area contributed by atoms with E-state index < -0.39 is 0 Å². The van der Waals surface area contributed by atoms with E-state index in [4.69, 9.17) is 0 Å². The first kappa shape index (κ1) is 13.6. The molecule has 1 aliphatic carbocycles. The zero-order chi connectivity index (χ0) is 13.9. The van der Waals surface area contributed by atoms with Gasteiger partial charge in [-0.2, -0.15) is 0 Å². The molecule has 0 aromatic heterocycles. The summed E-state index contributed by atoms with van der Waals surface area (Å²) in [5.74, 6) is -0.527. The first-order valence-corrected chi connectivity index (χ1v) is 7.47. The summed E-state index contributed by atoms with van der Waals surface area (Å²) in [4.78, 5) is 1.57. The fraction of sp³-hybridized carbons (Fsp3) is 0.250. The molecule has 1 fully saturated rings. The highest BCUT2D eigenvalue weighted by molar-refractivity contribution is 7.99. The van der Waals surface area contributed by atoms with Gasteiger partial charge in [0.05, 0.1) is 0 Å². The van der Waals surface area contributed by atoms with Gasteiger partial charge in [0, 0.05) is 22.4 Å². The van der Waals surface area contributed by atoms with Gasteiger partial charge in [-0.15, -0.1) is 0 Å². The molecule has 0 aliphatic heterocycles.